The number of ether oxygens (including phenoxy) is 2. The Morgan fingerprint density at radius 3 is 2.52 bits per heavy atom. The molecule has 4 atom stereocenters. The second-order valence-corrected chi connectivity index (χ2v) is 9.31. The van der Waals surface area contributed by atoms with Crippen molar-refractivity contribution in [2.75, 3.05) is 31.6 Å². The topological polar surface area (TPSA) is 50.8 Å². The van der Waals surface area contributed by atoms with Gasteiger partial charge in [-0.2, -0.15) is 0 Å². The molecule has 2 saturated carbocycles. The Labute approximate surface area is 176 Å². The first-order valence-electron chi connectivity index (χ1n) is 11.2. The van der Waals surface area contributed by atoms with Crippen molar-refractivity contribution in [2.24, 2.45) is 22.7 Å². The third-order valence-electron chi connectivity index (χ3n) is 7.93. The summed E-state index contributed by atoms with van der Waals surface area (Å²) in [7, 11) is 0. The fourth-order valence-corrected chi connectivity index (χ4v) is 5.83. The lowest BCUT2D eigenvalue weighted by Gasteiger charge is -2.40. The standard InChI is InChI=1S/C24H38N2O3/c1-7-26(8-2)16-17-18-14-15-24(6,23(18,4)5)21(17)29-22(27)25-19-12-10-11-13-20(19)28-9-3/h10-13,17-18,21H,7-9,14-16H2,1-6H3,(H,25,27)/t17-,18+,21-,24-/m1/s1. The van der Waals surface area contributed by atoms with Gasteiger partial charge in [-0.05, 0) is 56.3 Å². The summed E-state index contributed by atoms with van der Waals surface area (Å²) in [5.74, 6) is 1.63. The van der Waals surface area contributed by atoms with Crippen molar-refractivity contribution in [1.82, 2.24) is 4.90 Å². The number of fused-ring (bicyclic) bond motifs is 2. The number of benzene rings is 1. The summed E-state index contributed by atoms with van der Waals surface area (Å²) in [4.78, 5) is 15.4. The van der Waals surface area contributed by atoms with E-state index >= 15 is 0 Å². The van der Waals surface area contributed by atoms with Crippen LogP contribution in [0.3, 0.4) is 0 Å². The molecule has 0 aliphatic heterocycles. The van der Waals surface area contributed by atoms with Crippen LogP contribution in [-0.2, 0) is 4.74 Å². The molecule has 2 bridgehead atoms. The van der Waals surface area contributed by atoms with Crippen molar-refractivity contribution < 1.29 is 14.3 Å². The van der Waals surface area contributed by atoms with Crippen LogP contribution >= 0.6 is 0 Å². The van der Waals surface area contributed by atoms with Crippen LogP contribution < -0.4 is 10.1 Å². The van der Waals surface area contributed by atoms with Gasteiger partial charge < -0.3 is 14.4 Å². The molecule has 0 saturated heterocycles. The summed E-state index contributed by atoms with van der Waals surface area (Å²) in [6, 6.07) is 7.51. The molecule has 0 spiro atoms. The molecule has 5 nitrogen and oxygen atoms in total. The quantitative estimate of drug-likeness (QED) is 0.631. The molecule has 1 aromatic carbocycles. The molecule has 0 radical (unpaired) electrons. The molecular formula is C24H38N2O3. The Kier molecular flexibility index (Phi) is 6.47. The monoisotopic (exact) mass is 402 g/mol. The third kappa shape index (κ3) is 3.86. The van der Waals surface area contributed by atoms with Crippen LogP contribution in [0.25, 0.3) is 0 Å². The molecule has 3 rings (SSSR count). The maximum Gasteiger partial charge on any atom is 0.412 e. The van der Waals surface area contributed by atoms with E-state index in [0.717, 1.165) is 26.1 Å². The molecule has 2 aliphatic carbocycles. The summed E-state index contributed by atoms with van der Waals surface area (Å²) in [6.45, 7) is 17.0. The van der Waals surface area contributed by atoms with Crippen molar-refractivity contribution >= 4 is 11.8 Å². The molecule has 1 amide bonds. The highest BCUT2D eigenvalue weighted by atomic mass is 16.6. The van der Waals surface area contributed by atoms with E-state index < -0.39 is 0 Å². The number of carbonyl (C=O) groups is 1. The van der Waals surface area contributed by atoms with E-state index in [0.29, 0.717) is 29.9 Å². The molecule has 0 unspecified atom stereocenters. The van der Waals surface area contributed by atoms with Crippen molar-refractivity contribution in [3.05, 3.63) is 24.3 Å². The van der Waals surface area contributed by atoms with E-state index in [1.54, 1.807) is 0 Å². The maximum atomic E-state index is 12.9. The average molecular weight is 403 g/mol. The van der Waals surface area contributed by atoms with Crippen molar-refractivity contribution in [2.45, 2.75) is 60.5 Å². The molecule has 2 aliphatic rings. The van der Waals surface area contributed by atoms with Crippen LogP contribution in [0.2, 0.25) is 0 Å². The second kappa shape index (κ2) is 8.55. The number of para-hydroxylation sites is 2. The molecule has 1 aromatic rings. The number of anilines is 1. The molecule has 29 heavy (non-hydrogen) atoms. The van der Waals surface area contributed by atoms with Crippen LogP contribution in [-0.4, -0.2) is 43.3 Å². The zero-order valence-corrected chi connectivity index (χ0v) is 19.0. The van der Waals surface area contributed by atoms with Crippen molar-refractivity contribution in [3.63, 3.8) is 0 Å². The predicted molar refractivity (Wildman–Crippen MR) is 117 cm³/mol. The van der Waals surface area contributed by atoms with E-state index in [4.69, 9.17) is 9.47 Å². The number of carbonyl (C=O) groups excluding carboxylic acids is 1. The van der Waals surface area contributed by atoms with Crippen LogP contribution in [0.4, 0.5) is 10.5 Å². The number of nitrogens with one attached hydrogen (secondary N) is 1. The third-order valence-corrected chi connectivity index (χ3v) is 7.93. The van der Waals surface area contributed by atoms with Gasteiger partial charge in [0.25, 0.3) is 0 Å². The number of nitrogens with zero attached hydrogens (tertiary/aromatic N) is 1. The normalized spacial score (nSPS) is 29.8. The van der Waals surface area contributed by atoms with Gasteiger partial charge >= 0.3 is 6.09 Å². The number of hydrogen-bond donors (Lipinski definition) is 1. The first-order chi connectivity index (χ1) is 13.8. The van der Waals surface area contributed by atoms with Gasteiger partial charge in [-0.15, -0.1) is 0 Å². The summed E-state index contributed by atoms with van der Waals surface area (Å²) >= 11 is 0. The first-order valence-corrected chi connectivity index (χ1v) is 11.2. The van der Waals surface area contributed by atoms with Gasteiger partial charge in [0.15, 0.2) is 0 Å². The highest BCUT2D eigenvalue weighted by Crippen LogP contribution is 2.68. The maximum absolute atomic E-state index is 12.9. The van der Waals surface area contributed by atoms with Crippen LogP contribution in [0.15, 0.2) is 24.3 Å². The fraction of sp³-hybridized carbons (Fsp3) is 0.708. The number of hydrogen-bond acceptors (Lipinski definition) is 4. The van der Waals surface area contributed by atoms with E-state index in [9.17, 15) is 4.79 Å². The predicted octanol–water partition coefficient (Wildman–Crippen LogP) is 5.42. The SMILES string of the molecule is CCOc1ccccc1NC(=O)O[C@@H]1[C@H](CN(CC)CC)[C@@H]2CC[C@@]1(C)C2(C)C. The summed E-state index contributed by atoms with van der Waals surface area (Å²) in [6.07, 6.45) is 1.89. The molecule has 0 heterocycles. The lowest BCUT2D eigenvalue weighted by atomic mass is 9.70. The van der Waals surface area contributed by atoms with Crippen molar-refractivity contribution in [1.29, 1.82) is 0 Å². The van der Waals surface area contributed by atoms with Crippen LogP contribution in [0.5, 0.6) is 5.75 Å². The Hall–Kier alpha value is -1.75. The zero-order valence-electron chi connectivity index (χ0n) is 19.0. The van der Waals surface area contributed by atoms with E-state index in [-0.39, 0.29) is 23.0 Å². The van der Waals surface area contributed by atoms with Crippen molar-refractivity contribution in [3.8, 4) is 5.75 Å². The van der Waals surface area contributed by atoms with Gasteiger partial charge in [0.05, 0.1) is 12.3 Å². The van der Waals surface area contributed by atoms with Gasteiger partial charge in [-0.3, -0.25) is 5.32 Å². The Balaban J connectivity index is 1.79. The summed E-state index contributed by atoms with van der Waals surface area (Å²) in [5.41, 5.74) is 0.831. The largest absolute Gasteiger partial charge is 0.492 e. The van der Waals surface area contributed by atoms with Crippen LogP contribution in [0, 0.1) is 22.7 Å². The van der Waals surface area contributed by atoms with E-state index in [1.807, 2.05) is 31.2 Å². The molecule has 0 aromatic heterocycles. The Morgan fingerprint density at radius 1 is 1.17 bits per heavy atom. The minimum absolute atomic E-state index is 0.00621. The van der Waals surface area contributed by atoms with Gasteiger partial charge in [0.1, 0.15) is 11.9 Å². The minimum atomic E-state index is -0.378. The first kappa shape index (κ1) is 21.9. The second-order valence-electron chi connectivity index (χ2n) is 9.31. The Morgan fingerprint density at radius 2 is 1.86 bits per heavy atom. The van der Waals surface area contributed by atoms with E-state index in [2.05, 4.69) is 44.8 Å². The minimum Gasteiger partial charge on any atom is -0.492 e. The number of rotatable bonds is 8. The smallest absolute Gasteiger partial charge is 0.412 e. The molecule has 5 heteroatoms. The molecule has 162 valence electrons. The average Bonchev–Trinajstić information content (AvgIpc) is 3.00. The summed E-state index contributed by atoms with van der Waals surface area (Å²) in [5, 5.41) is 2.93. The molecule has 2 fully saturated rings. The van der Waals surface area contributed by atoms with E-state index in [1.165, 1.54) is 6.42 Å². The van der Waals surface area contributed by atoms with Gasteiger partial charge in [0, 0.05) is 17.9 Å². The lowest BCUT2D eigenvalue weighted by molar-refractivity contribution is -0.0258. The van der Waals surface area contributed by atoms with Gasteiger partial charge in [-0.1, -0.05) is 46.8 Å². The highest BCUT2D eigenvalue weighted by molar-refractivity contribution is 5.86. The number of amides is 1. The van der Waals surface area contributed by atoms with Crippen LogP contribution in [0.1, 0.15) is 54.4 Å². The fourth-order valence-electron chi connectivity index (χ4n) is 5.83. The molecular weight excluding hydrogens is 364 g/mol. The highest BCUT2D eigenvalue weighted by Gasteiger charge is 2.67. The summed E-state index contributed by atoms with van der Waals surface area (Å²) < 4.78 is 11.8. The van der Waals surface area contributed by atoms with Gasteiger partial charge in [0.2, 0.25) is 0 Å². The van der Waals surface area contributed by atoms with Gasteiger partial charge in [-0.25, -0.2) is 4.79 Å². The molecule has 1 N–H and O–H groups in total. The Bertz CT molecular complexity index is 716. The lowest BCUT2D eigenvalue weighted by Crippen LogP contribution is -2.45. The zero-order chi connectivity index (χ0) is 21.2.